The van der Waals surface area contributed by atoms with Crippen LogP contribution in [0.5, 0.6) is 5.75 Å². The Balaban J connectivity index is 2.36. The topological polar surface area (TPSA) is 74.2 Å². The lowest BCUT2D eigenvalue weighted by Gasteiger charge is -2.10. The second-order valence-corrected chi connectivity index (χ2v) is 5.14. The van der Waals surface area contributed by atoms with E-state index in [0.29, 0.717) is 11.2 Å². The number of rotatable bonds is 1. The summed E-state index contributed by atoms with van der Waals surface area (Å²) in [7, 11) is 0. The Bertz CT molecular complexity index is 880. The summed E-state index contributed by atoms with van der Waals surface area (Å²) in [5, 5.41) is 23.1. The van der Waals surface area contributed by atoms with Gasteiger partial charge >= 0.3 is 0 Å². The van der Waals surface area contributed by atoms with Gasteiger partial charge in [-0.1, -0.05) is 0 Å². The van der Waals surface area contributed by atoms with Gasteiger partial charge in [-0.05, 0) is 49.6 Å². The molecule has 0 bridgehead atoms. The largest absolute Gasteiger partial charge is 0.508 e. The van der Waals surface area contributed by atoms with Crippen molar-refractivity contribution in [2.45, 2.75) is 20.8 Å². The quantitative estimate of drug-likeness (QED) is 0.742. The molecule has 0 saturated carbocycles. The van der Waals surface area contributed by atoms with Gasteiger partial charge in [0.05, 0.1) is 23.0 Å². The van der Waals surface area contributed by atoms with Crippen LogP contribution in [0.15, 0.2) is 24.5 Å². The molecule has 5 nitrogen and oxygen atoms in total. The van der Waals surface area contributed by atoms with E-state index in [2.05, 4.69) is 16.2 Å². The molecule has 21 heavy (non-hydrogen) atoms. The van der Waals surface area contributed by atoms with E-state index in [4.69, 9.17) is 5.26 Å². The summed E-state index contributed by atoms with van der Waals surface area (Å²) in [6.07, 6.45) is 3.22. The van der Waals surface area contributed by atoms with E-state index >= 15 is 0 Å². The molecule has 0 amide bonds. The predicted molar refractivity (Wildman–Crippen MR) is 79.0 cm³/mol. The Hall–Kier alpha value is -2.87. The number of nitriles is 1. The molecule has 0 aliphatic heterocycles. The second-order valence-electron chi connectivity index (χ2n) is 5.14. The van der Waals surface area contributed by atoms with Crippen LogP contribution >= 0.6 is 0 Å². The van der Waals surface area contributed by atoms with Gasteiger partial charge in [0.25, 0.3) is 0 Å². The molecule has 0 aliphatic rings. The first kappa shape index (κ1) is 13.1. The lowest BCUT2D eigenvalue weighted by atomic mass is 9.95. The molecule has 0 atom stereocenters. The summed E-state index contributed by atoms with van der Waals surface area (Å²) < 4.78 is 1.63. The molecule has 3 rings (SSSR count). The second kappa shape index (κ2) is 4.60. The number of phenolic OH excluding ortho intramolecular Hbond substituents is 1. The summed E-state index contributed by atoms with van der Waals surface area (Å²) in [6.45, 7) is 5.82. The number of fused-ring (bicyclic) bond motifs is 1. The van der Waals surface area contributed by atoms with Gasteiger partial charge in [-0.3, -0.25) is 0 Å². The van der Waals surface area contributed by atoms with Crippen LogP contribution < -0.4 is 0 Å². The molecule has 0 spiro atoms. The maximum absolute atomic E-state index is 9.69. The summed E-state index contributed by atoms with van der Waals surface area (Å²) >= 11 is 0. The molecule has 2 aromatic heterocycles. The highest BCUT2D eigenvalue weighted by molar-refractivity contribution is 5.84. The van der Waals surface area contributed by atoms with E-state index in [9.17, 15) is 5.11 Å². The molecule has 5 heteroatoms. The van der Waals surface area contributed by atoms with Gasteiger partial charge in [-0.25, -0.2) is 9.50 Å². The summed E-state index contributed by atoms with van der Waals surface area (Å²) in [6, 6.07) is 5.52. The minimum absolute atomic E-state index is 0.252. The number of phenols is 1. The molecule has 0 fully saturated rings. The Morgan fingerprint density at radius 2 is 1.81 bits per heavy atom. The minimum atomic E-state index is 0.252. The highest BCUT2D eigenvalue weighted by Gasteiger charge is 2.17. The molecule has 104 valence electrons. The van der Waals surface area contributed by atoms with Gasteiger partial charge in [-0.2, -0.15) is 10.4 Å². The monoisotopic (exact) mass is 278 g/mol. The maximum Gasteiger partial charge on any atom is 0.163 e. The Kier molecular flexibility index (Phi) is 2.88. The molecule has 1 aromatic carbocycles. The van der Waals surface area contributed by atoms with E-state index < -0.39 is 0 Å². The Morgan fingerprint density at radius 3 is 2.43 bits per heavy atom. The summed E-state index contributed by atoms with van der Waals surface area (Å²) in [4.78, 5) is 4.37. The van der Waals surface area contributed by atoms with Crippen LogP contribution in [0.1, 0.15) is 22.4 Å². The maximum atomic E-state index is 9.69. The zero-order valence-corrected chi connectivity index (χ0v) is 12.0. The molecule has 1 N–H and O–H groups in total. The van der Waals surface area contributed by atoms with Gasteiger partial charge in [-0.15, -0.1) is 0 Å². The van der Waals surface area contributed by atoms with Crippen molar-refractivity contribution >= 4 is 5.65 Å². The first-order valence-electron chi connectivity index (χ1n) is 6.57. The standard InChI is InChI=1S/C16H14N4O/c1-9-4-13(21)5-10(2)14(9)15-11(3)19-20-8-12(6-17)7-18-16(15)20/h4-5,7-8,21H,1-3H3. The lowest BCUT2D eigenvalue weighted by molar-refractivity contribution is 0.474. The van der Waals surface area contributed by atoms with Gasteiger partial charge in [0.2, 0.25) is 0 Å². The fraction of sp³-hybridized carbons (Fsp3) is 0.188. The van der Waals surface area contributed by atoms with Crippen LogP contribution in [0.25, 0.3) is 16.8 Å². The van der Waals surface area contributed by atoms with Gasteiger partial charge in [0.1, 0.15) is 11.8 Å². The van der Waals surface area contributed by atoms with Crippen molar-refractivity contribution in [1.29, 1.82) is 5.26 Å². The lowest BCUT2D eigenvalue weighted by Crippen LogP contribution is -1.93. The van der Waals surface area contributed by atoms with E-state index in [0.717, 1.165) is 27.9 Å². The van der Waals surface area contributed by atoms with Crippen LogP contribution in [0, 0.1) is 32.1 Å². The number of hydrogen-bond acceptors (Lipinski definition) is 4. The van der Waals surface area contributed by atoms with Crippen LogP contribution in [-0.2, 0) is 0 Å². The van der Waals surface area contributed by atoms with Crippen molar-refractivity contribution in [1.82, 2.24) is 14.6 Å². The number of aromatic nitrogens is 3. The van der Waals surface area contributed by atoms with Crippen LogP contribution in [-0.4, -0.2) is 19.7 Å². The Morgan fingerprint density at radius 1 is 1.14 bits per heavy atom. The van der Waals surface area contributed by atoms with E-state index in [1.807, 2.05) is 20.8 Å². The van der Waals surface area contributed by atoms with Crippen LogP contribution in [0.4, 0.5) is 0 Å². The van der Waals surface area contributed by atoms with Crippen LogP contribution in [0.2, 0.25) is 0 Å². The molecule has 0 aliphatic carbocycles. The Labute approximate surface area is 122 Å². The van der Waals surface area contributed by atoms with Gasteiger partial charge in [0.15, 0.2) is 5.65 Å². The zero-order valence-electron chi connectivity index (χ0n) is 12.0. The normalized spacial score (nSPS) is 10.8. The fourth-order valence-electron chi connectivity index (χ4n) is 2.73. The average Bonchev–Trinajstić information content (AvgIpc) is 2.73. The third-order valence-corrected chi connectivity index (χ3v) is 3.54. The van der Waals surface area contributed by atoms with E-state index in [-0.39, 0.29) is 5.75 Å². The molecule has 3 aromatic rings. The van der Waals surface area contributed by atoms with E-state index in [1.54, 1.807) is 29.0 Å². The number of nitrogens with zero attached hydrogens (tertiary/aromatic N) is 4. The average molecular weight is 278 g/mol. The van der Waals surface area contributed by atoms with Gasteiger partial charge < -0.3 is 5.11 Å². The predicted octanol–water partition coefficient (Wildman–Crippen LogP) is 2.90. The number of benzene rings is 1. The van der Waals surface area contributed by atoms with Crippen molar-refractivity contribution in [2.75, 3.05) is 0 Å². The number of hydrogen-bond donors (Lipinski definition) is 1. The first-order chi connectivity index (χ1) is 10.0. The van der Waals surface area contributed by atoms with Crippen molar-refractivity contribution in [2.24, 2.45) is 0 Å². The molecule has 0 saturated heterocycles. The highest BCUT2D eigenvalue weighted by atomic mass is 16.3. The number of aryl methyl sites for hydroxylation is 3. The van der Waals surface area contributed by atoms with Gasteiger partial charge in [0, 0.05) is 6.20 Å². The van der Waals surface area contributed by atoms with Crippen LogP contribution in [0.3, 0.4) is 0 Å². The third-order valence-electron chi connectivity index (χ3n) is 3.54. The van der Waals surface area contributed by atoms with Crippen molar-refractivity contribution in [3.8, 4) is 22.9 Å². The summed E-state index contributed by atoms with van der Waals surface area (Å²) in [5.41, 5.74) is 5.92. The molecule has 0 radical (unpaired) electrons. The van der Waals surface area contributed by atoms with E-state index in [1.165, 1.54) is 0 Å². The zero-order chi connectivity index (χ0) is 15.1. The fourth-order valence-corrected chi connectivity index (χ4v) is 2.73. The molecule has 2 heterocycles. The van der Waals surface area contributed by atoms with Crippen molar-refractivity contribution in [3.05, 3.63) is 46.9 Å². The SMILES string of the molecule is Cc1cc(O)cc(C)c1-c1c(C)nn2cc(C#N)cnc12. The van der Waals surface area contributed by atoms with Crippen molar-refractivity contribution < 1.29 is 5.11 Å². The third kappa shape index (κ3) is 2.01. The van der Waals surface area contributed by atoms with Crippen molar-refractivity contribution in [3.63, 3.8) is 0 Å². The summed E-state index contributed by atoms with van der Waals surface area (Å²) in [5.74, 6) is 0.252. The minimum Gasteiger partial charge on any atom is -0.508 e. The number of aromatic hydroxyl groups is 1. The highest BCUT2D eigenvalue weighted by Crippen LogP contribution is 2.34. The molecular weight excluding hydrogens is 264 g/mol. The first-order valence-corrected chi connectivity index (χ1v) is 6.57. The molecular formula is C16H14N4O. The molecule has 0 unspecified atom stereocenters. The smallest absolute Gasteiger partial charge is 0.163 e.